The Labute approximate surface area is 340 Å². The molecule has 0 bridgehead atoms. The molecule has 274 valence electrons. The molecule has 0 unspecified atom stereocenters. The van der Waals surface area contributed by atoms with Gasteiger partial charge < -0.3 is 13.9 Å². The third-order valence-electron chi connectivity index (χ3n) is 11.8. The van der Waals surface area contributed by atoms with E-state index in [4.69, 9.17) is 4.42 Å². The van der Waals surface area contributed by atoms with Gasteiger partial charge in [-0.25, -0.2) is 0 Å². The predicted octanol–water partition coefficient (Wildman–Crippen LogP) is 15.7. The van der Waals surface area contributed by atoms with E-state index >= 15 is 0 Å². The first-order valence-corrected chi connectivity index (χ1v) is 20.8. The number of hydrogen-bond acceptors (Lipinski definition) is 3. The van der Waals surface area contributed by atoms with Crippen molar-refractivity contribution in [2.75, 3.05) is 4.90 Å². The average molecular weight is 761 g/mol. The van der Waals surface area contributed by atoms with Gasteiger partial charge in [0.2, 0.25) is 0 Å². The fourth-order valence-electron chi connectivity index (χ4n) is 9.21. The van der Waals surface area contributed by atoms with Gasteiger partial charge in [-0.2, -0.15) is 0 Å². The number of fused-ring (bicyclic) bond motifs is 9. The van der Waals surface area contributed by atoms with Gasteiger partial charge in [0.05, 0.1) is 32.5 Å². The van der Waals surface area contributed by atoms with Crippen molar-refractivity contribution >= 4 is 88.3 Å². The van der Waals surface area contributed by atoms with Gasteiger partial charge in [-0.1, -0.05) is 133 Å². The minimum atomic E-state index is 0.885. The Morgan fingerprint density at radius 3 is 2.03 bits per heavy atom. The second kappa shape index (κ2) is 13.2. The molecule has 58 heavy (non-hydrogen) atoms. The molecule has 3 heterocycles. The zero-order valence-electron chi connectivity index (χ0n) is 31.6. The number of anilines is 3. The smallest absolute Gasteiger partial charge is 0.145 e. The van der Waals surface area contributed by atoms with Gasteiger partial charge in [0, 0.05) is 43.4 Å². The monoisotopic (exact) mass is 760 g/mol. The maximum Gasteiger partial charge on any atom is 0.145 e. The van der Waals surface area contributed by atoms with Crippen LogP contribution in [0.1, 0.15) is 16.9 Å². The van der Waals surface area contributed by atoms with E-state index in [1.807, 2.05) is 11.3 Å². The fraction of sp³-hybridized carbons (Fsp3) is 0.0370. The Morgan fingerprint density at radius 2 is 1.22 bits per heavy atom. The number of rotatable bonds is 6. The lowest BCUT2D eigenvalue weighted by Gasteiger charge is -2.27. The normalized spacial score (nSPS) is 12.6. The van der Waals surface area contributed by atoms with Crippen LogP contribution in [0.15, 0.2) is 192 Å². The fourth-order valence-corrected chi connectivity index (χ4v) is 10.5. The van der Waals surface area contributed by atoms with E-state index in [2.05, 4.69) is 204 Å². The van der Waals surface area contributed by atoms with Crippen LogP contribution in [-0.2, 0) is 6.42 Å². The second-order valence-corrected chi connectivity index (χ2v) is 16.2. The summed E-state index contributed by atoms with van der Waals surface area (Å²) in [5.41, 5.74) is 14.6. The Morgan fingerprint density at radius 1 is 0.534 bits per heavy atom. The Balaban J connectivity index is 1.05. The lowest BCUT2D eigenvalue weighted by molar-refractivity contribution is 0.670. The van der Waals surface area contributed by atoms with E-state index in [1.165, 1.54) is 59.1 Å². The minimum Gasteiger partial charge on any atom is -0.455 e. The van der Waals surface area contributed by atoms with Crippen LogP contribution in [0, 0.1) is 0 Å². The van der Waals surface area contributed by atoms with E-state index in [0.29, 0.717) is 0 Å². The molecule has 12 rings (SSSR count). The van der Waals surface area contributed by atoms with Gasteiger partial charge in [0.25, 0.3) is 0 Å². The van der Waals surface area contributed by atoms with E-state index in [-0.39, 0.29) is 0 Å². The van der Waals surface area contributed by atoms with E-state index in [1.54, 1.807) is 0 Å². The molecule has 0 spiro atoms. The number of aromatic nitrogens is 1. The molecule has 3 aromatic heterocycles. The summed E-state index contributed by atoms with van der Waals surface area (Å²) in [7, 11) is 0. The zero-order valence-corrected chi connectivity index (χ0v) is 32.4. The minimum absolute atomic E-state index is 0.885. The van der Waals surface area contributed by atoms with Crippen LogP contribution in [0.2, 0.25) is 0 Å². The van der Waals surface area contributed by atoms with Gasteiger partial charge >= 0.3 is 0 Å². The molecule has 0 saturated carbocycles. The van der Waals surface area contributed by atoms with Crippen molar-refractivity contribution in [1.29, 1.82) is 0 Å². The summed E-state index contributed by atoms with van der Waals surface area (Å²) in [5, 5.41) is 6.06. The molecule has 0 aliphatic heterocycles. The maximum absolute atomic E-state index is 6.79. The maximum atomic E-state index is 6.79. The SMILES string of the molecule is C1=Cc2c(sc3c(N(c4ccc(-c5cccc(-n6c7ccccc7c7ccccc76)c5)cc4)c4ccc(-c5ccccc5)c5oc6ccccc6c45)cccc23)CC1. The van der Waals surface area contributed by atoms with Crippen LogP contribution in [-0.4, -0.2) is 4.57 Å². The van der Waals surface area contributed by atoms with Crippen LogP contribution < -0.4 is 4.90 Å². The first-order valence-electron chi connectivity index (χ1n) is 20.0. The lowest BCUT2D eigenvalue weighted by atomic mass is 9.99. The summed E-state index contributed by atoms with van der Waals surface area (Å²) in [6, 6.07) is 65.8. The molecule has 0 fully saturated rings. The molecular formula is C54H36N2OS. The van der Waals surface area contributed by atoms with Crippen molar-refractivity contribution in [2.45, 2.75) is 12.8 Å². The number of furan rings is 1. The molecule has 4 heteroatoms. The third-order valence-corrected chi connectivity index (χ3v) is 13.2. The molecule has 0 atom stereocenters. The second-order valence-electron chi connectivity index (χ2n) is 15.1. The number of benzene rings is 8. The molecule has 1 aliphatic rings. The standard InChI is InChI=1S/C54H36N2OS/c1-2-14-36(15-3-1)40-32-33-48(52-45-21-6-10-26-50(45)57-53(40)52)55(49-25-13-22-44-43-20-7-11-27-51(43)58-54(44)49)38-30-28-35(29-31-38)37-16-12-17-39(34-37)56-46-23-8-4-18-41(46)42-19-5-9-24-47(42)56/h1-10,12-26,28-34H,11,27H2. The van der Waals surface area contributed by atoms with Gasteiger partial charge in [0.15, 0.2) is 0 Å². The summed E-state index contributed by atoms with van der Waals surface area (Å²) >= 11 is 1.94. The molecular weight excluding hydrogens is 725 g/mol. The van der Waals surface area contributed by atoms with Crippen molar-refractivity contribution in [1.82, 2.24) is 4.57 Å². The predicted molar refractivity (Wildman–Crippen MR) is 246 cm³/mol. The van der Waals surface area contributed by atoms with Crippen molar-refractivity contribution in [2.24, 2.45) is 0 Å². The van der Waals surface area contributed by atoms with Crippen LogP contribution in [0.3, 0.4) is 0 Å². The van der Waals surface area contributed by atoms with Gasteiger partial charge in [-0.05, 0) is 95.8 Å². The van der Waals surface area contributed by atoms with Gasteiger partial charge in [0.1, 0.15) is 11.2 Å². The Hall–Kier alpha value is -7.14. The number of hydrogen-bond donors (Lipinski definition) is 0. The third kappa shape index (κ3) is 5.12. The molecule has 0 amide bonds. The van der Waals surface area contributed by atoms with Crippen LogP contribution in [0.25, 0.3) is 87.8 Å². The highest BCUT2D eigenvalue weighted by Crippen LogP contribution is 2.50. The lowest BCUT2D eigenvalue weighted by Crippen LogP contribution is -2.10. The number of allylic oxidation sites excluding steroid dienone is 1. The summed E-state index contributed by atoms with van der Waals surface area (Å²) in [5.74, 6) is 0. The topological polar surface area (TPSA) is 21.3 Å². The van der Waals surface area contributed by atoms with Crippen LogP contribution >= 0.6 is 11.3 Å². The van der Waals surface area contributed by atoms with Crippen molar-refractivity contribution in [3.05, 3.63) is 199 Å². The van der Waals surface area contributed by atoms with Gasteiger partial charge in [-0.15, -0.1) is 11.3 Å². The van der Waals surface area contributed by atoms with E-state index in [9.17, 15) is 0 Å². The largest absolute Gasteiger partial charge is 0.455 e. The highest BCUT2D eigenvalue weighted by atomic mass is 32.1. The van der Waals surface area contributed by atoms with Crippen molar-refractivity contribution in [3.8, 4) is 27.9 Å². The number of thiophene rings is 1. The molecule has 0 N–H and O–H groups in total. The van der Waals surface area contributed by atoms with Crippen LogP contribution in [0.5, 0.6) is 0 Å². The summed E-state index contributed by atoms with van der Waals surface area (Å²) in [6.07, 6.45) is 6.80. The highest BCUT2D eigenvalue weighted by molar-refractivity contribution is 7.20. The molecule has 0 radical (unpaired) electrons. The van der Waals surface area contributed by atoms with Crippen LogP contribution in [0.4, 0.5) is 17.1 Å². The number of nitrogens with zero attached hydrogens (tertiary/aromatic N) is 2. The molecule has 0 saturated heterocycles. The van der Waals surface area contributed by atoms with E-state index < -0.39 is 0 Å². The molecule has 11 aromatic rings. The summed E-state index contributed by atoms with van der Waals surface area (Å²) in [6.45, 7) is 0. The summed E-state index contributed by atoms with van der Waals surface area (Å²) in [4.78, 5) is 3.92. The Bertz CT molecular complexity index is 3350. The molecule has 3 nitrogen and oxygen atoms in total. The Kier molecular flexibility index (Phi) is 7.54. The quantitative estimate of drug-likeness (QED) is 0.168. The molecule has 1 aliphatic carbocycles. The van der Waals surface area contributed by atoms with E-state index in [0.717, 1.165) is 63.0 Å². The summed E-state index contributed by atoms with van der Waals surface area (Å²) < 4.78 is 10.5. The number of para-hydroxylation sites is 3. The van der Waals surface area contributed by atoms with Crippen molar-refractivity contribution < 1.29 is 4.42 Å². The van der Waals surface area contributed by atoms with Gasteiger partial charge in [-0.3, -0.25) is 0 Å². The zero-order chi connectivity index (χ0) is 38.2. The highest BCUT2D eigenvalue weighted by Gasteiger charge is 2.25. The molecule has 8 aromatic carbocycles. The first kappa shape index (κ1) is 33.0. The van der Waals surface area contributed by atoms with Crippen molar-refractivity contribution in [3.63, 3.8) is 0 Å². The number of aryl methyl sites for hydroxylation is 1. The first-order chi connectivity index (χ1) is 28.8. The average Bonchev–Trinajstić information content (AvgIpc) is 3.98.